The lowest BCUT2D eigenvalue weighted by atomic mass is 10.2. The molecule has 0 atom stereocenters. The molecule has 0 radical (unpaired) electrons. The summed E-state index contributed by atoms with van der Waals surface area (Å²) in [5.41, 5.74) is 1.88. The second-order valence-corrected chi connectivity index (χ2v) is 4.83. The molecule has 2 aromatic heterocycles. The number of hydrogen-bond donors (Lipinski definition) is 2. The first-order valence-electron chi connectivity index (χ1n) is 6.73. The maximum atomic E-state index is 5.36. The number of aromatic amines is 2. The van der Waals surface area contributed by atoms with Crippen LogP contribution >= 0.6 is 0 Å². The number of fused-ring (bicyclic) bond motifs is 1. The first-order chi connectivity index (χ1) is 9.92. The van der Waals surface area contributed by atoms with Gasteiger partial charge in [-0.2, -0.15) is 5.10 Å². The predicted molar refractivity (Wildman–Crippen MR) is 76.7 cm³/mol. The highest BCUT2D eigenvalue weighted by atomic mass is 16.5. The van der Waals surface area contributed by atoms with Crippen molar-refractivity contribution in [3.05, 3.63) is 30.5 Å². The average Bonchev–Trinajstić information content (AvgIpc) is 3.14. The van der Waals surface area contributed by atoms with E-state index in [9.17, 15) is 0 Å². The Kier molecular flexibility index (Phi) is 2.67. The Labute approximate surface area is 115 Å². The number of nitrogens with zero attached hydrogens (tertiary/aromatic N) is 3. The number of nitrogens with one attached hydrogen (secondary N) is 2. The van der Waals surface area contributed by atoms with Gasteiger partial charge in [0.2, 0.25) is 0 Å². The molecule has 1 aliphatic heterocycles. The molecule has 0 aliphatic carbocycles. The summed E-state index contributed by atoms with van der Waals surface area (Å²) in [7, 11) is 0. The second-order valence-electron chi connectivity index (χ2n) is 4.83. The van der Waals surface area contributed by atoms with E-state index in [1.807, 2.05) is 30.5 Å². The number of rotatable bonds is 2. The first kappa shape index (κ1) is 11.5. The number of anilines is 1. The van der Waals surface area contributed by atoms with Gasteiger partial charge in [-0.3, -0.25) is 5.10 Å². The van der Waals surface area contributed by atoms with E-state index >= 15 is 0 Å². The van der Waals surface area contributed by atoms with Gasteiger partial charge in [0.05, 0.1) is 24.9 Å². The van der Waals surface area contributed by atoms with Gasteiger partial charge < -0.3 is 14.6 Å². The van der Waals surface area contributed by atoms with Crippen molar-refractivity contribution in [1.82, 2.24) is 20.2 Å². The monoisotopic (exact) mass is 269 g/mol. The lowest BCUT2D eigenvalue weighted by molar-refractivity contribution is 0.122. The van der Waals surface area contributed by atoms with Crippen molar-refractivity contribution in [3.63, 3.8) is 0 Å². The molecule has 1 aliphatic rings. The second kappa shape index (κ2) is 4.64. The molecule has 0 saturated carbocycles. The van der Waals surface area contributed by atoms with Gasteiger partial charge in [-0.1, -0.05) is 18.2 Å². The number of hydrogen-bond acceptors (Lipinski definition) is 4. The van der Waals surface area contributed by atoms with Gasteiger partial charge in [-0.05, 0) is 6.07 Å². The molecule has 4 rings (SSSR count). The summed E-state index contributed by atoms with van der Waals surface area (Å²) in [5.74, 6) is 1.82. The molecule has 1 aromatic carbocycles. The largest absolute Gasteiger partial charge is 0.378 e. The molecule has 3 aromatic rings. The van der Waals surface area contributed by atoms with Crippen LogP contribution in [0.15, 0.2) is 30.5 Å². The van der Waals surface area contributed by atoms with Crippen LogP contribution in [0.2, 0.25) is 0 Å². The van der Waals surface area contributed by atoms with Crippen LogP contribution in [-0.2, 0) is 4.74 Å². The number of aromatic nitrogens is 4. The summed E-state index contributed by atoms with van der Waals surface area (Å²) in [6.45, 7) is 3.31. The van der Waals surface area contributed by atoms with E-state index in [4.69, 9.17) is 4.74 Å². The van der Waals surface area contributed by atoms with Crippen molar-refractivity contribution in [3.8, 4) is 11.5 Å². The van der Waals surface area contributed by atoms with Crippen molar-refractivity contribution in [1.29, 1.82) is 0 Å². The summed E-state index contributed by atoms with van der Waals surface area (Å²) in [6.07, 6.45) is 1.87. The molecule has 6 nitrogen and oxygen atoms in total. The fourth-order valence-corrected chi connectivity index (χ4v) is 2.54. The van der Waals surface area contributed by atoms with Crippen molar-refractivity contribution >= 4 is 16.7 Å². The minimum absolute atomic E-state index is 0.764. The molecule has 0 bridgehead atoms. The van der Waals surface area contributed by atoms with Crippen LogP contribution in [0.5, 0.6) is 0 Å². The van der Waals surface area contributed by atoms with Gasteiger partial charge in [0, 0.05) is 18.5 Å². The molecule has 0 unspecified atom stereocenters. The smallest absolute Gasteiger partial charge is 0.160 e. The Bertz CT molecular complexity index is 726. The van der Waals surface area contributed by atoms with Crippen LogP contribution in [0, 0.1) is 0 Å². The number of H-pyrrole nitrogens is 2. The summed E-state index contributed by atoms with van der Waals surface area (Å²) >= 11 is 0. The third kappa shape index (κ3) is 1.85. The first-order valence-corrected chi connectivity index (χ1v) is 6.73. The summed E-state index contributed by atoms with van der Waals surface area (Å²) in [5, 5.41) is 8.47. The van der Waals surface area contributed by atoms with E-state index in [-0.39, 0.29) is 0 Å². The Morgan fingerprint density at radius 3 is 2.90 bits per heavy atom. The lowest BCUT2D eigenvalue weighted by Crippen LogP contribution is -2.36. The van der Waals surface area contributed by atoms with Crippen LogP contribution in [-0.4, -0.2) is 46.5 Å². The summed E-state index contributed by atoms with van der Waals surface area (Å²) < 4.78 is 5.36. The molecule has 2 N–H and O–H groups in total. The van der Waals surface area contributed by atoms with Gasteiger partial charge in [-0.15, -0.1) is 0 Å². The molecule has 6 heteroatoms. The van der Waals surface area contributed by atoms with Gasteiger partial charge >= 0.3 is 0 Å². The Morgan fingerprint density at radius 2 is 2.00 bits per heavy atom. The summed E-state index contributed by atoms with van der Waals surface area (Å²) in [6, 6.07) is 8.06. The zero-order valence-corrected chi connectivity index (χ0v) is 11.0. The van der Waals surface area contributed by atoms with E-state index in [0.717, 1.165) is 54.5 Å². The number of ether oxygens (including phenoxy) is 1. The number of benzene rings is 1. The minimum atomic E-state index is 0.764. The Morgan fingerprint density at radius 1 is 1.15 bits per heavy atom. The van der Waals surface area contributed by atoms with Crippen molar-refractivity contribution in [2.24, 2.45) is 0 Å². The third-order valence-corrected chi connectivity index (χ3v) is 3.61. The van der Waals surface area contributed by atoms with E-state index in [2.05, 4.69) is 25.1 Å². The maximum Gasteiger partial charge on any atom is 0.160 e. The molecule has 3 heterocycles. The van der Waals surface area contributed by atoms with Crippen molar-refractivity contribution in [2.75, 3.05) is 31.2 Å². The minimum Gasteiger partial charge on any atom is -0.378 e. The van der Waals surface area contributed by atoms with Crippen molar-refractivity contribution in [2.45, 2.75) is 0 Å². The number of para-hydroxylation sites is 1. The Hall–Kier alpha value is -2.34. The average molecular weight is 269 g/mol. The van der Waals surface area contributed by atoms with Crippen LogP contribution < -0.4 is 4.90 Å². The molecule has 20 heavy (non-hydrogen) atoms. The molecule has 102 valence electrons. The number of morpholine rings is 1. The highest BCUT2D eigenvalue weighted by Crippen LogP contribution is 2.25. The number of imidazole rings is 1. The molecular weight excluding hydrogens is 254 g/mol. The maximum absolute atomic E-state index is 5.36. The van der Waals surface area contributed by atoms with Gasteiger partial charge in [-0.25, -0.2) is 4.98 Å². The SMILES string of the molecule is c1ccc2c(-c3ncc(N4CCOCC4)[nH]3)n[nH]c2c1. The molecular formula is C14H15N5O. The summed E-state index contributed by atoms with van der Waals surface area (Å²) in [4.78, 5) is 10.1. The zero-order chi connectivity index (χ0) is 13.4. The van der Waals surface area contributed by atoms with Crippen LogP contribution in [0.25, 0.3) is 22.4 Å². The fourth-order valence-electron chi connectivity index (χ4n) is 2.54. The van der Waals surface area contributed by atoms with Gasteiger partial charge in [0.15, 0.2) is 5.82 Å². The molecule has 1 fully saturated rings. The predicted octanol–water partition coefficient (Wildman–Crippen LogP) is 1.79. The highest BCUT2D eigenvalue weighted by Gasteiger charge is 2.16. The normalized spacial score (nSPS) is 15.9. The van der Waals surface area contributed by atoms with Gasteiger partial charge in [0.1, 0.15) is 11.5 Å². The quantitative estimate of drug-likeness (QED) is 0.744. The molecule has 0 spiro atoms. The lowest BCUT2D eigenvalue weighted by Gasteiger charge is -2.26. The zero-order valence-electron chi connectivity index (χ0n) is 11.0. The van der Waals surface area contributed by atoms with E-state index in [0.29, 0.717) is 0 Å². The van der Waals surface area contributed by atoms with Crippen LogP contribution in [0.1, 0.15) is 0 Å². The highest BCUT2D eigenvalue weighted by molar-refractivity contribution is 5.91. The van der Waals surface area contributed by atoms with Crippen LogP contribution in [0.3, 0.4) is 0 Å². The fraction of sp³-hybridized carbons (Fsp3) is 0.286. The Balaban J connectivity index is 1.70. The van der Waals surface area contributed by atoms with Crippen molar-refractivity contribution < 1.29 is 4.74 Å². The van der Waals surface area contributed by atoms with E-state index in [1.54, 1.807) is 0 Å². The van der Waals surface area contributed by atoms with E-state index in [1.165, 1.54) is 0 Å². The molecule has 1 saturated heterocycles. The topological polar surface area (TPSA) is 69.8 Å². The molecule has 0 amide bonds. The third-order valence-electron chi connectivity index (χ3n) is 3.61. The van der Waals surface area contributed by atoms with Crippen LogP contribution in [0.4, 0.5) is 5.82 Å². The standard InChI is InChI=1S/C14H15N5O/c1-2-4-11-10(3-1)13(18-17-11)14-15-9-12(16-14)19-5-7-20-8-6-19/h1-4,9H,5-8H2,(H,15,16)(H,17,18). The van der Waals surface area contributed by atoms with E-state index < -0.39 is 0 Å². The van der Waals surface area contributed by atoms with Gasteiger partial charge in [0.25, 0.3) is 0 Å².